The summed E-state index contributed by atoms with van der Waals surface area (Å²) in [6.45, 7) is 6.29. The smallest absolute Gasteiger partial charge is 0.256 e. The van der Waals surface area contributed by atoms with Gasteiger partial charge >= 0.3 is 0 Å². The van der Waals surface area contributed by atoms with Crippen LogP contribution in [0.4, 0.5) is 5.00 Å². The zero-order chi connectivity index (χ0) is 21.2. The lowest BCUT2D eigenvalue weighted by Gasteiger charge is -2.19. The summed E-state index contributed by atoms with van der Waals surface area (Å²) >= 11 is 1.16. The number of hydrogen-bond acceptors (Lipinski definition) is 5. The van der Waals surface area contributed by atoms with E-state index >= 15 is 0 Å². The Morgan fingerprint density at radius 1 is 1.00 bits per heavy atom. The minimum atomic E-state index is -1.34. The number of methoxy groups -OCH3 is 1. The summed E-state index contributed by atoms with van der Waals surface area (Å²) in [7, 11) is 1.56. The third-order valence-corrected chi connectivity index (χ3v) is 5.53. The van der Waals surface area contributed by atoms with Crippen molar-refractivity contribution in [1.82, 2.24) is 0 Å². The molecular formula is C23H22NO4S-. The van der Waals surface area contributed by atoms with Gasteiger partial charge in [-0.1, -0.05) is 45.0 Å². The molecule has 0 unspecified atom stereocenters. The zero-order valence-electron chi connectivity index (χ0n) is 16.7. The number of amides is 1. The van der Waals surface area contributed by atoms with Gasteiger partial charge in [0.15, 0.2) is 0 Å². The summed E-state index contributed by atoms with van der Waals surface area (Å²) in [5.74, 6) is -1.03. The first-order valence-electron chi connectivity index (χ1n) is 9.10. The molecule has 1 aromatic heterocycles. The van der Waals surface area contributed by atoms with E-state index in [9.17, 15) is 14.7 Å². The number of carbonyl (C=O) groups is 2. The summed E-state index contributed by atoms with van der Waals surface area (Å²) in [6, 6.07) is 14.3. The van der Waals surface area contributed by atoms with Gasteiger partial charge in [0.2, 0.25) is 0 Å². The van der Waals surface area contributed by atoms with Crippen LogP contribution in [0.15, 0.2) is 53.9 Å². The van der Waals surface area contributed by atoms with Crippen molar-refractivity contribution >= 4 is 28.2 Å². The van der Waals surface area contributed by atoms with Crippen LogP contribution >= 0.6 is 11.3 Å². The van der Waals surface area contributed by atoms with E-state index in [1.807, 2.05) is 12.1 Å². The third-order valence-electron chi connectivity index (χ3n) is 4.64. The maximum Gasteiger partial charge on any atom is 0.256 e. The number of carboxylic acids is 1. The summed E-state index contributed by atoms with van der Waals surface area (Å²) in [5, 5.41) is 16.5. The molecule has 3 rings (SSSR count). The van der Waals surface area contributed by atoms with Gasteiger partial charge in [0.25, 0.3) is 5.91 Å². The van der Waals surface area contributed by atoms with E-state index in [1.165, 1.54) is 0 Å². The Labute approximate surface area is 174 Å². The van der Waals surface area contributed by atoms with E-state index in [1.54, 1.807) is 48.9 Å². The molecule has 0 bridgehead atoms. The lowest BCUT2D eigenvalue weighted by Crippen LogP contribution is -2.24. The van der Waals surface area contributed by atoms with Crippen molar-refractivity contribution in [3.63, 3.8) is 0 Å². The fourth-order valence-corrected chi connectivity index (χ4v) is 3.88. The number of benzene rings is 2. The Balaban J connectivity index is 1.88. The second-order valence-electron chi connectivity index (χ2n) is 7.65. The summed E-state index contributed by atoms with van der Waals surface area (Å²) in [5.41, 5.74) is 2.73. The van der Waals surface area contributed by atoms with Gasteiger partial charge in [0, 0.05) is 22.1 Å². The molecule has 0 atom stereocenters. The van der Waals surface area contributed by atoms with Gasteiger partial charge < -0.3 is 20.0 Å². The number of thiophene rings is 1. The van der Waals surface area contributed by atoms with Gasteiger partial charge in [-0.05, 0) is 40.8 Å². The molecule has 0 saturated heterocycles. The number of nitrogens with one attached hydrogen (secondary N) is 1. The topological polar surface area (TPSA) is 78.5 Å². The molecule has 1 heterocycles. The minimum Gasteiger partial charge on any atom is -0.545 e. The number of anilines is 1. The second kappa shape index (κ2) is 8.09. The molecular weight excluding hydrogens is 386 g/mol. The largest absolute Gasteiger partial charge is 0.545 e. The van der Waals surface area contributed by atoms with Crippen LogP contribution in [-0.2, 0) is 5.41 Å². The highest BCUT2D eigenvalue weighted by Gasteiger charge is 2.18. The van der Waals surface area contributed by atoms with Crippen molar-refractivity contribution < 1.29 is 19.4 Å². The first kappa shape index (κ1) is 20.6. The number of hydrogen-bond donors (Lipinski definition) is 1. The molecule has 29 heavy (non-hydrogen) atoms. The quantitative estimate of drug-likeness (QED) is 0.681. The van der Waals surface area contributed by atoms with Gasteiger partial charge in [-0.15, -0.1) is 11.3 Å². The summed E-state index contributed by atoms with van der Waals surface area (Å²) in [6.07, 6.45) is 0. The number of aromatic carboxylic acids is 1. The Morgan fingerprint density at radius 2 is 1.62 bits per heavy atom. The Bertz CT molecular complexity index is 1030. The number of rotatable bonds is 5. The maximum absolute atomic E-state index is 12.6. The van der Waals surface area contributed by atoms with Crippen LogP contribution in [0.1, 0.15) is 47.1 Å². The van der Waals surface area contributed by atoms with Crippen LogP contribution in [0.5, 0.6) is 5.75 Å². The van der Waals surface area contributed by atoms with Crippen molar-refractivity contribution in [1.29, 1.82) is 0 Å². The van der Waals surface area contributed by atoms with E-state index in [-0.39, 0.29) is 21.9 Å². The molecule has 0 fully saturated rings. The molecule has 0 radical (unpaired) electrons. The van der Waals surface area contributed by atoms with Crippen LogP contribution < -0.4 is 15.2 Å². The number of ether oxygens (including phenoxy) is 1. The van der Waals surface area contributed by atoms with Gasteiger partial charge in [0.1, 0.15) is 10.8 Å². The summed E-state index contributed by atoms with van der Waals surface area (Å²) in [4.78, 5) is 24.4. The Kier molecular flexibility index (Phi) is 5.75. The molecule has 6 heteroatoms. The molecule has 0 saturated carbocycles. The molecule has 1 N–H and O–H groups in total. The average molecular weight is 408 g/mol. The van der Waals surface area contributed by atoms with E-state index in [0.717, 1.165) is 16.9 Å². The Morgan fingerprint density at radius 3 is 2.14 bits per heavy atom. The molecule has 150 valence electrons. The highest BCUT2D eigenvalue weighted by atomic mass is 32.1. The standard InChI is InChI=1S/C23H23NO4S/c1-23(2,3)16-9-5-15(6-10-16)20(25)24-21-19(22(26)27)18(13-29-21)14-7-11-17(28-4)12-8-14/h5-13H,1-4H3,(H,24,25)(H,26,27)/p-1. The van der Waals surface area contributed by atoms with E-state index < -0.39 is 5.97 Å². The molecule has 0 spiro atoms. The first-order valence-corrected chi connectivity index (χ1v) is 9.98. The predicted molar refractivity (Wildman–Crippen MR) is 114 cm³/mol. The molecule has 5 nitrogen and oxygen atoms in total. The van der Waals surface area contributed by atoms with Crippen molar-refractivity contribution in [2.45, 2.75) is 26.2 Å². The fraction of sp³-hybridized carbons (Fsp3) is 0.217. The number of carbonyl (C=O) groups excluding carboxylic acids is 2. The highest BCUT2D eigenvalue weighted by Crippen LogP contribution is 2.36. The maximum atomic E-state index is 12.6. The van der Waals surface area contributed by atoms with Crippen LogP contribution in [-0.4, -0.2) is 19.0 Å². The normalized spacial score (nSPS) is 11.2. The van der Waals surface area contributed by atoms with E-state index in [4.69, 9.17) is 4.74 Å². The lowest BCUT2D eigenvalue weighted by molar-refractivity contribution is -0.254. The molecule has 3 aromatic rings. The predicted octanol–water partition coefficient (Wildman–Crippen LogP) is 4.34. The average Bonchev–Trinajstić information content (AvgIpc) is 3.11. The zero-order valence-corrected chi connectivity index (χ0v) is 17.6. The third kappa shape index (κ3) is 4.49. The highest BCUT2D eigenvalue weighted by molar-refractivity contribution is 7.15. The van der Waals surface area contributed by atoms with Gasteiger partial charge in [0.05, 0.1) is 13.1 Å². The van der Waals surface area contributed by atoms with Crippen molar-refractivity contribution in [3.05, 3.63) is 70.6 Å². The minimum absolute atomic E-state index is 0.0157. The molecule has 0 aliphatic carbocycles. The molecule has 2 aromatic carbocycles. The second-order valence-corrected chi connectivity index (χ2v) is 8.53. The Hall–Kier alpha value is -3.12. The molecule has 0 aliphatic rings. The SMILES string of the molecule is COc1ccc(-c2csc(NC(=O)c3ccc(C(C)(C)C)cc3)c2C(=O)[O-])cc1. The van der Waals surface area contributed by atoms with E-state index in [0.29, 0.717) is 22.4 Å². The molecule has 1 amide bonds. The van der Waals surface area contributed by atoms with E-state index in [2.05, 4.69) is 26.1 Å². The van der Waals surface area contributed by atoms with Crippen molar-refractivity contribution in [3.8, 4) is 16.9 Å². The van der Waals surface area contributed by atoms with Crippen LogP contribution in [0.2, 0.25) is 0 Å². The van der Waals surface area contributed by atoms with Crippen LogP contribution in [0.25, 0.3) is 11.1 Å². The van der Waals surface area contributed by atoms with Gasteiger partial charge in [-0.3, -0.25) is 4.79 Å². The van der Waals surface area contributed by atoms with Crippen molar-refractivity contribution in [2.75, 3.05) is 12.4 Å². The first-order chi connectivity index (χ1) is 13.7. The van der Waals surface area contributed by atoms with Crippen LogP contribution in [0.3, 0.4) is 0 Å². The van der Waals surface area contributed by atoms with Gasteiger partial charge in [-0.25, -0.2) is 0 Å². The monoisotopic (exact) mass is 408 g/mol. The van der Waals surface area contributed by atoms with Crippen molar-refractivity contribution in [2.24, 2.45) is 0 Å². The fourth-order valence-electron chi connectivity index (χ4n) is 2.93. The summed E-state index contributed by atoms with van der Waals surface area (Å²) < 4.78 is 5.14. The molecule has 0 aliphatic heterocycles. The van der Waals surface area contributed by atoms with Gasteiger partial charge in [-0.2, -0.15) is 0 Å². The number of carboxylic acid groups (broad SMARTS) is 1. The lowest BCUT2D eigenvalue weighted by atomic mass is 9.87. The van der Waals surface area contributed by atoms with Crippen LogP contribution in [0, 0.1) is 0 Å².